The minimum atomic E-state index is 0.0722. The summed E-state index contributed by atoms with van der Waals surface area (Å²) in [6.07, 6.45) is 4.91. The highest BCUT2D eigenvalue weighted by Crippen LogP contribution is 2.32. The molecule has 0 radical (unpaired) electrons. The van der Waals surface area contributed by atoms with Crippen molar-refractivity contribution in [3.8, 4) is 0 Å². The number of aromatic nitrogens is 3. The van der Waals surface area contributed by atoms with Crippen molar-refractivity contribution in [3.63, 3.8) is 0 Å². The first kappa shape index (κ1) is 17.5. The third-order valence-electron chi connectivity index (χ3n) is 4.34. The lowest BCUT2D eigenvalue weighted by atomic mass is 10.1. The first-order valence-electron chi connectivity index (χ1n) is 8.16. The number of thioether (sulfide) groups is 1. The molecule has 0 saturated heterocycles. The molecule has 1 saturated carbocycles. The number of carbonyl (C=O) groups is 1. The molecule has 24 heavy (non-hydrogen) atoms. The van der Waals surface area contributed by atoms with E-state index in [9.17, 15) is 4.79 Å². The van der Waals surface area contributed by atoms with Crippen molar-refractivity contribution in [2.45, 2.75) is 43.3 Å². The fourth-order valence-electron chi connectivity index (χ4n) is 2.91. The van der Waals surface area contributed by atoms with Crippen LogP contribution in [0.5, 0.6) is 0 Å². The van der Waals surface area contributed by atoms with Gasteiger partial charge in [-0.15, -0.1) is 5.10 Å². The summed E-state index contributed by atoms with van der Waals surface area (Å²) in [6.45, 7) is 0.585. The van der Waals surface area contributed by atoms with Crippen molar-refractivity contribution in [1.82, 2.24) is 20.1 Å². The molecule has 2 aromatic rings. The predicted octanol–water partition coefficient (Wildman–Crippen LogP) is 3.98. The summed E-state index contributed by atoms with van der Waals surface area (Å²) in [6, 6.07) is 7.95. The zero-order valence-electron chi connectivity index (χ0n) is 13.7. The molecule has 0 spiro atoms. The molecular weight excluding hydrogens is 388 g/mol. The summed E-state index contributed by atoms with van der Waals surface area (Å²) in [5.41, 5.74) is 1.10. The Balaban J connectivity index is 1.50. The Morgan fingerprint density at radius 2 is 2.12 bits per heavy atom. The molecule has 0 atom stereocenters. The summed E-state index contributed by atoms with van der Waals surface area (Å²) >= 11 is 4.91. The number of hydrogen-bond acceptors (Lipinski definition) is 4. The van der Waals surface area contributed by atoms with Crippen molar-refractivity contribution < 1.29 is 4.79 Å². The van der Waals surface area contributed by atoms with Gasteiger partial charge in [0.2, 0.25) is 11.1 Å². The molecule has 5 nitrogen and oxygen atoms in total. The maximum atomic E-state index is 12.3. The number of carbonyl (C=O) groups excluding carboxylic acids is 1. The molecule has 1 aliphatic rings. The number of nitrogens with one attached hydrogen (secondary N) is 1. The van der Waals surface area contributed by atoms with Crippen molar-refractivity contribution in [2.75, 3.05) is 12.8 Å². The van der Waals surface area contributed by atoms with E-state index in [1.165, 1.54) is 37.4 Å². The lowest BCUT2D eigenvalue weighted by molar-refractivity contribution is -0.127. The Bertz CT molecular complexity index is 699. The second kappa shape index (κ2) is 8.16. The third kappa shape index (κ3) is 4.39. The zero-order valence-corrected chi connectivity index (χ0v) is 16.1. The van der Waals surface area contributed by atoms with Crippen molar-refractivity contribution >= 4 is 33.6 Å². The van der Waals surface area contributed by atoms with Crippen LogP contribution in [0.15, 0.2) is 33.9 Å². The maximum Gasteiger partial charge on any atom is 0.233 e. The number of amides is 1. The first-order valence-corrected chi connectivity index (χ1v) is 9.94. The number of benzene rings is 1. The number of nitrogens with zero attached hydrogens (tertiary/aromatic N) is 3. The molecule has 0 aliphatic heterocycles. The zero-order chi connectivity index (χ0) is 16.9. The van der Waals surface area contributed by atoms with Gasteiger partial charge in [-0.1, -0.05) is 58.7 Å². The number of H-pyrrole nitrogens is 1. The molecule has 1 aromatic heterocycles. The van der Waals surface area contributed by atoms with Gasteiger partial charge in [-0.2, -0.15) is 0 Å². The van der Waals surface area contributed by atoms with E-state index in [0.29, 0.717) is 23.4 Å². The van der Waals surface area contributed by atoms with E-state index in [0.717, 1.165) is 15.9 Å². The standard InChI is InChI=1S/C17H21BrN4OS/c1-22(10-13-8-4-5-9-14(13)18)15(23)11-24-17-19-16(20-21-17)12-6-2-3-7-12/h4-5,8-9,12H,2-3,6-7,10-11H2,1H3,(H,19,20,21). The lowest BCUT2D eigenvalue weighted by Gasteiger charge is -2.17. The number of rotatable bonds is 6. The van der Waals surface area contributed by atoms with Gasteiger partial charge in [-0.3, -0.25) is 9.89 Å². The van der Waals surface area contributed by atoms with E-state index in [4.69, 9.17) is 0 Å². The van der Waals surface area contributed by atoms with Crippen LogP contribution in [-0.4, -0.2) is 38.8 Å². The summed E-state index contributed by atoms with van der Waals surface area (Å²) in [4.78, 5) is 18.6. The Morgan fingerprint density at radius 3 is 2.88 bits per heavy atom. The van der Waals surface area contributed by atoms with Crippen LogP contribution < -0.4 is 0 Å². The normalized spacial score (nSPS) is 14.9. The predicted molar refractivity (Wildman–Crippen MR) is 98.9 cm³/mol. The average Bonchev–Trinajstić information content (AvgIpc) is 3.25. The van der Waals surface area contributed by atoms with Crippen LogP contribution in [0.1, 0.15) is 43.0 Å². The van der Waals surface area contributed by atoms with E-state index in [1.54, 1.807) is 4.90 Å². The lowest BCUT2D eigenvalue weighted by Crippen LogP contribution is -2.28. The fourth-order valence-corrected chi connectivity index (χ4v) is 4.07. The molecule has 1 aromatic carbocycles. The number of halogens is 1. The monoisotopic (exact) mass is 408 g/mol. The van der Waals surface area contributed by atoms with E-state index in [-0.39, 0.29) is 5.91 Å². The minimum absolute atomic E-state index is 0.0722. The van der Waals surface area contributed by atoms with E-state index in [2.05, 4.69) is 31.1 Å². The van der Waals surface area contributed by atoms with Gasteiger partial charge in [0, 0.05) is 24.0 Å². The van der Waals surface area contributed by atoms with Crippen LogP contribution in [-0.2, 0) is 11.3 Å². The quantitative estimate of drug-likeness (QED) is 0.734. The van der Waals surface area contributed by atoms with Crippen LogP contribution in [0, 0.1) is 0 Å². The Kier molecular flexibility index (Phi) is 5.94. The molecule has 1 amide bonds. The highest BCUT2D eigenvalue weighted by Gasteiger charge is 2.21. The van der Waals surface area contributed by atoms with Crippen molar-refractivity contribution in [1.29, 1.82) is 0 Å². The number of hydrogen-bond donors (Lipinski definition) is 1. The summed E-state index contributed by atoms with van der Waals surface area (Å²) in [7, 11) is 1.82. The van der Waals surface area contributed by atoms with Gasteiger partial charge in [0.25, 0.3) is 0 Å². The van der Waals surface area contributed by atoms with Gasteiger partial charge in [0.1, 0.15) is 5.82 Å². The highest BCUT2D eigenvalue weighted by molar-refractivity contribution is 9.10. The molecule has 1 fully saturated rings. The average molecular weight is 409 g/mol. The van der Waals surface area contributed by atoms with Crippen molar-refractivity contribution in [3.05, 3.63) is 40.1 Å². The molecule has 1 heterocycles. The molecule has 1 N–H and O–H groups in total. The largest absolute Gasteiger partial charge is 0.341 e. The maximum absolute atomic E-state index is 12.3. The van der Waals surface area contributed by atoms with E-state index < -0.39 is 0 Å². The van der Waals surface area contributed by atoms with Gasteiger partial charge < -0.3 is 4.90 Å². The van der Waals surface area contributed by atoms with Crippen molar-refractivity contribution in [2.24, 2.45) is 0 Å². The molecule has 1 aliphatic carbocycles. The van der Waals surface area contributed by atoms with E-state index >= 15 is 0 Å². The minimum Gasteiger partial charge on any atom is -0.341 e. The second-order valence-corrected chi connectivity index (χ2v) is 7.91. The van der Waals surface area contributed by atoms with Crippen LogP contribution in [0.4, 0.5) is 0 Å². The Hall–Kier alpha value is -1.34. The Morgan fingerprint density at radius 1 is 1.38 bits per heavy atom. The van der Waals surface area contributed by atoms with E-state index in [1.807, 2.05) is 31.3 Å². The van der Waals surface area contributed by atoms with Gasteiger partial charge in [-0.05, 0) is 24.5 Å². The van der Waals surface area contributed by atoms with Crippen LogP contribution in [0.2, 0.25) is 0 Å². The second-order valence-electron chi connectivity index (χ2n) is 6.11. The van der Waals surface area contributed by atoms with Crippen LogP contribution in [0.3, 0.4) is 0 Å². The number of aromatic amines is 1. The highest BCUT2D eigenvalue weighted by atomic mass is 79.9. The summed E-state index contributed by atoms with van der Waals surface area (Å²) < 4.78 is 1.02. The molecule has 7 heteroatoms. The van der Waals surface area contributed by atoms with Gasteiger partial charge in [0.15, 0.2) is 0 Å². The molecule has 0 unspecified atom stereocenters. The molecular formula is C17H21BrN4OS. The van der Waals surface area contributed by atoms with Gasteiger partial charge >= 0.3 is 0 Å². The summed E-state index contributed by atoms with van der Waals surface area (Å²) in [5.74, 6) is 1.91. The molecule has 0 bridgehead atoms. The fraction of sp³-hybridized carbons (Fsp3) is 0.471. The van der Waals surface area contributed by atoms with Gasteiger partial charge in [-0.25, -0.2) is 4.98 Å². The van der Waals surface area contributed by atoms with Gasteiger partial charge in [0.05, 0.1) is 5.75 Å². The third-order valence-corrected chi connectivity index (χ3v) is 5.95. The molecule has 3 rings (SSSR count). The molecule has 128 valence electrons. The SMILES string of the molecule is CN(Cc1ccccc1Br)C(=O)CSc1n[nH]c(C2CCCC2)n1. The first-order chi connectivity index (χ1) is 11.6. The Labute approximate surface area is 154 Å². The summed E-state index contributed by atoms with van der Waals surface area (Å²) in [5, 5.41) is 7.94. The topological polar surface area (TPSA) is 61.9 Å². The van der Waals surface area contributed by atoms with Crippen LogP contribution >= 0.6 is 27.7 Å². The smallest absolute Gasteiger partial charge is 0.233 e. The van der Waals surface area contributed by atoms with Crippen LogP contribution in [0.25, 0.3) is 0 Å².